The van der Waals surface area contributed by atoms with E-state index in [2.05, 4.69) is 23.1 Å². The molecular formula is C28H29NO4. The molecule has 2 aliphatic heterocycles. The minimum absolute atomic E-state index is 0.279. The largest absolute Gasteiger partial charge is 0.508 e. The van der Waals surface area contributed by atoms with E-state index in [0.717, 1.165) is 34.9 Å². The van der Waals surface area contributed by atoms with Crippen LogP contribution in [0, 0.1) is 0 Å². The van der Waals surface area contributed by atoms with Crippen LogP contribution in [0.15, 0.2) is 71.3 Å². The highest BCUT2D eigenvalue weighted by Gasteiger charge is 2.41. The van der Waals surface area contributed by atoms with E-state index >= 15 is 0 Å². The lowest BCUT2D eigenvalue weighted by Gasteiger charge is -2.40. The summed E-state index contributed by atoms with van der Waals surface area (Å²) in [5.74, 6) is 1.61. The lowest BCUT2D eigenvalue weighted by molar-refractivity contribution is 0.0321. The smallest absolute Gasteiger partial charge is 0.137 e. The van der Waals surface area contributed by atoms with Crippen LogP contribution in [-0.2, 0) is 0 Å². The monoisotopic (exact) mass is 443 g/mol. The molecular weight excluding hydrogens is 414 g/mol. The molecule has 3 atom stereocenters. The van der Waals surface area contributed by atoms with Crippen molar-refractivity contribution in [2.75, 3.05) is 13.2 Å². The zero-order valence-electron chi connectivity index (χ0n) is 18.6. The SMILES string of the molecule is Oc1ccc2cc(C3CC4CCC(C3)N4C[C@H](O)COc3cccc4occc34)ccc2c1. The molecule has 0 saturated carbocycles. The fourth-order valence-electron chi connectivity index (χ4n) is 5.92. The first kappa shape index (κ1) is 20.6. The predicted octanol–water partition coefficient (Wildman–Crippen LogP) is 5.44. The van der Waals surface area contributed by atoms with Gasteiger partial charge in [-0.2, -0.15) is 0 Å². The van der Waals surface area contributed by atoms with Crippen molar-refractivity contribution in [2.45, 2.75) is 49.8 Å². The van der Waals surface area contributed by atoms with Crippen molar-refractivity contribution in [2.24, 2.45) is 0 Å². The summed E-state index contributed by atoms with van der Waals surface area (Å²) in [6, 6.07) is 20.9. The second kappa shape index (κ2) is 8.40. The number of piperidine rings is 1. The van der Waals surface area contributed by atoms with Gasteiger partial charge in [0.15, 0.2) is 0 Å². The number of phenolic OH excluding ortho intramolecular Hbond substituents is 1. The van der Waals surface area contributed by atoms with Gasteiger partial charge in [0.1, 0.15) is 29.8 Å². The molecule has 0 spiro atoms. The Kier molecular flexibility index (Phi) is 5.24. The molecule has 33 heavy (non-hydrogen) atoms. The number of nitrogens with zero attached hydrogens (tertiary/aromatic N) is 1. The Morgan fingerprint density at radius 3 is 2.61 bits per heavy atom. The van der Waals surface area contributed by atoms with Gasteiger partial charge in [-0.25, -0.2) is 0 Å². The molecule has 3 aromatic carbocycles. The van der Waals surface area contributed by atoms with Gasteiger partial charge in [0.05, 0.1) is 11.6 Å². The molecule has 4 aromatic rings. The number of furan rings is 1. The van der Waals surface area contributed by atoms with Gasteiger partial charge in [0.2, 0.25) is 0 Å². The average molecular weight is 444 g/mol. The van der Waals surface area contributed by atoms with Crippen molar-refractivity contribution < 1.29 is 19.4 Å². The summed E-state index contributed by atoms with van der Waals surface area (Å²) in [7, 11) is 0. The molecule has 2 unspecified atom stereocenters. The van der Waals surface area contributed by atoms with E-state index in [4.69, 9.17) is 9.15 Å². The maximum absolute atomic E-state index is 10.8. The molecule has 2 saturated heterocycles. The Morgan fingerprint density at radius 1 is 0.970 bits per heavy atom. The van der Waals surface area contributed by atoms with Gasteiger partial charge < -0.3 is 19.4 Å². The van der Waals surface area contributed by atoms with Crippen molar-refractivity contribution in [3.8, 4) is 11.5 Å². The quantitative estimate of drug-likeness (QED) is 0.415. The van der Waals surface area contributed by atoms with Gasteiger partial charge in [-0.15, -0.1) is 0 Å². The minimum atomic E-state index is -0.528. The number of ether oxygens (including phenoxy) is 1. The number of aliphatic hydroxyl groups is 1. The zero-order valence-corrected chi connectivity index (χ0v) is 18.6. The van der Waals surface area contributed by atoms with E-state index in [1.54, 1.807) is 12.3 Å². The number of fused-ring (bicyclic) bond motifs is 4. The lowest BCUT2D eigenvalue weighted by Crippen LogP contribution is -2.47. The van der Waals surface area contributed by atoms with E-state index in [-0.39, 0.29) is 6.61 Å². The Balaban J connectivity index is 1.10. The molecule has 0 radical (unpaired) electrons. The Bertz CT molecular complexity index is 1270. The third-order valence-electron chi connectivity index (χ3n) is 7.51. The molecule has 2 bridgehead atoms. The summed E-state index contributed by atoms with van der Waals surface area (Å²) < 4.78 is 11.4. The van der Waals surface area contributed by atoms with E-state index < -0.39 is 6.10 Å². The van der Waals surface area contributed by atoms with Crippen LogP contribution in [0.5, 0.6) is 11.5 Å². The van der Waals surface area contributed by atoms with Crippen LogP contribution in [0.3, 0.4) is 0 Å². The fraction of sp³-hybridized carbons (Fsp3) is 0.357. The van der Waals surface area contributed by atoms with Crippen molar-refractivity contribution in [1.29, 1.82) is 0 Å². The van der Waals surface area contributed by atoms with Crippen molar-refractivity contribution >= 4 is 21.7 Å². The second-order valence-corrected chi connectivity index (χ2v) is 9.59. The molecule has 170 valence electrons. The van der Waals surface area contributed by atoms with E-state index in [9.17, 15) is 10.2 Å². The molecule has 0 aliphatic carbocycles. The number of phenols is 1. The van der Waals surface area contributed by atoms with Crippen LogP contribution < -0.4 is 4.74 Å². The first-order chi connectivity index (χ1) is 16.1. The maximum Gasteiger partial charge on any atom is 0.137 e. The van der Waals surface area contributed by atoms with Crippen molar-refractivity contribution in [3.05, 3.63) is 72.5 Å². The third kappa shape index (κ3) is 3.96. The van der Waals surface area contributed by atoms with Gasteiger partial charge in [0.25, 0.3) is 0 Å². The van der Waals surface area contributed by atoms with Gasteiger partial charge in [-0.1, -0.05) is 30.3 Å². The topological polar surface area (TPSA) is 66.1 Å². The van der Waals surface area contributed by atoms with Gasteiger partial charge in [-0.3, -0.25) is 4.90 Å². The Hall–Kier alpha value is -3.02. The Labute approximate surface area is 193 Å². The minimum Gasteiger partial charge on any atom is -0.508 e. The van der Waals surface area contributed by atoms with Crippen LogP contribution in [0.25, 0.3) is 21.7 Å². The van der Waals surface area contributed by atoms with Crippen LogP contribution in [0.1, 0.15) is 37.2 Å². The van der Waals surface area contributed by atoms with E-state index in [1.165, 1.54) is 23.8 Å². The summed E-state index contributed by atoms with van der Waals surface area (Å²) in [6.45, 7) is 0.932. The number of hydrogen-bond acceptors (Lipinski definition) is 5. The average Bonchev–Trinajstić information content (AvgIpc) is 3.38. The Morgan fingerprint density at radius 2 is 1.76 bits per heavy atom. The molecule has 6 rings (SSSR count). The standard InChI is InChI=1S/C28H29NO4/c30-24-9-6-18-12-19(4-5-20(18)15-24)21-13-22-7-8-23(14-21)29(22)16-25(31)17-33-28-3-1-2-27-26(28)10-11-32-27/h1-6,9-12,15,21-23,25,30-31H,7-8,13-14,16-17H2/t21?,22?,23?,25-/m0/s1. The number of benzene rings is 3. The van der Waals surface area contributed by atoms with E-state index in [1.807, 2.05) is 36.4 Å². The molecule has 2 aliphatic rings. The summed E-state index contributed by atoms with van der Waals surface area (Å²) in [6.07, 6.45) is 5.79. The number of aromatic hydroxyl groups is 1. The predicted molar refractivity (Wildman–Crippen MR) is 129 cm³/mol. The van der Waals surface area contributed by atoms with Crippen LogP contribution >= 0.6 is 0 Å². The van der Waals surface area contributed by atoms with Crippen LogP contribution in [0.2, 0.25) is 0 Å². The number of hydrogen-bond donors (Lipinski definition) is 2. The molecule has 0 amide bonds. The molecule has 3 heterocycles. The number of aliphatic hydroxyl groups excluding tert-OH is 1. The maximum atomic E-state index is 10.8. The second-order valence-electron chi connectivity index (χ2n) is 9.59. The van der Waals surface area contributed by atoms with Crippen LogP contribution in [0.4, 0.5) is 0 Å². The molecule has 2 N–H and O–H groups in total. The molecule has 5 heteroatoms. The van der Waals surface area contributed by atoms with Crippen molar-refractivity contribution in [1.82, 2.24) is 4.90 Å². The van der Waals surface area contributed by atoms with Gasteiger partial charge in [0, 0.05) is 18.6 Å². The highest BCUT2D eigenvalue weighted by Crippen LogP contribution is 2.43. The molecule has 5 nitrogen and oxygen atoms in total. The first-order valence-corrected chi connectivity index (χ1v) is 11.9. The first-order valence-electron chi connectivity index (χ1n) is 11.9. The normalized spacial score (nSPS) is 23.8. The summed E-state index contributed by atoms with van der Waals surface area (Å²) >= 11 is 0. The van der Waals surface area contributed by atoms with Crippen LogP contribution in [-0.4, -0.2) is 46.5 Å². The fourth-order valence-corrected chi connectivity index (χ4v) is 5.92. The van der Waals surface area contributed by atoms with Gasteiger partial charge >= 0.3 is 0 Å². The summed E-state index contributed by atoms with van der Waals surface area (Å²) in [5.41, 5.74) is 2.19. The van der Waals surface area contributed by atoms with Gasteiger partial charge in [-0.05, 0) is 78.3 Å². The van der Waals surface area contributed by atoms with Crippen molar-refractivity contribution in [3.63, 3.8) is 0 Å². The highest BCUT2D eigenvalue weighted by atomic mass is 16.5. The summed E-state index contributed by atoms with van der Waals surface area (Å²) in [5, 5.41) is 23.7. The molecule has 2 fully saturated rings. The summed E-state index contributed by atoms with van der Waals surface area (Å²) in [4.78, 5) is 2.52. The molecule has 1 aromatic heterocycles. The third-order valence-corrected chi connectivity index (χ3v) is 7.51. The van der Waals surface area contributed by atoms with E-state index in [0.29, 0.717) is 30.3 Å². The number of rotatable bonds is 6. The lowest BCUT2D eigenvalue weighted by atomic mass is 9.84. The highest BCUT2D eigenvalue weighted by molar-refractivity contribution is 5.85. The zero-order chi connectivity index (χ0) is 22.4.